The molecule has 1 aromatic heterocycles. The van der Waals surface area contributed by atoms with Crippen molar-refractivity contribution in [2.45, 2.75) is 24.8 Å². The second-order valence-corrected chi connectivity index (χ2v) is 8.88. The summed E-state index contributed by atoms with van der Waals surface area (Å²) in [6, 6.07) is 4.58. The van der Waals surface area contributed by atoms with Crippen LogP contribution in [-0.2, 0) is 15.8 Å². The second-order valence-electron chi connectivity index (χ2n) is 6.95. The lowest BCUT2D eigenvalue weighted by Crippen LogP contribution is -2.38. The molecule has 1 aliphatic heterocycles. The Kier molecular flexibility index (Phi) is 3.95. The molecule has 0 saturated heterocycles. The van der Waals surface area contributed by atoms with Gasteiger partial charge in [-0.25, -0.2) is 17.2 Å². The number of carbonyl (C=O) groups is 1. The lowest BCUT2D eigenvalue weighted by atomic mass is 10.0. The number of H-pyrrole nitrogens is 1. The molecule has 2 N–H and O–H groups in total. The van der Waals surface area contributed by atoms with E-state index < -0.39 is 39.2 Å². The molecule has 0 radical (unpaired) electrons. The molecular formula is C18H16F2N2O4S. The Morgan fingerprint density at radius 1 is 1.22 bits per heavy atom. The lowest BCUT2D eigenvalue weighted by Gasteiger charge is -2.16. The van der Waals surface area contributed by atoms with E-state index >= 15 is 0 Å². The van der Waals surface area contributed by atoms with Crippen LogP contribution in [-0.4, -0.2) is 31.1 Å². The molecule has 1 saturated carbocycles. The van der Waals surface area contributed by atoms with E-state index in [0.717, 1.165) is 5.41 Å². The van der Waals surface area contributed by atoms with Gasteiger partial charge in [0.1, 0.15) is 5.56 Å². The first-order valence-electron chi connectivity index (χ1n) is 8.43. The average Bonchev–Trinajstić information content (AvgIpc) is 3.39. The number of aromatic amines is 1. The molecule has 142 valence electrons. The first-order chi connectivity index (χ1) is 12.7. The number of halogens is 2. The van der Waals surface area contributed by atoms with Crippen LogP contribution in [0.25, 0.3) is 10.9 Å². The summed E-state index contributed by atoms with van der Waals surface area (Å²) in [7, 11) is -3.34. The number of alkyl halides is 2. The van der Waals surface area contributed by atoms with Gasteiger partial charge in [0.15, 0.2) is 9.84 Å². The van der Waals surface area contributed by atoms with Crippen LogP contribution in [0.1, 0.15) is 28.8 Å². The summed E-state index contributed by atoms with van der Waals surface area (Å²) in [5.41, 5.74) is -0.872. The summed E-state index contributed by atoms with van der Waals surface area (Å²) in [6.45, 7) is 0. The highest BCUT2D eigenvalue weighted by molar-refractivity contribution is 7.94. The molecule has 0 bridgehead atoms. The molecule has 6 nitrogen and oxygen atoms in total. The van der Waals surface area contributed by atoms with Crippen molar-refractivity contribution >= 4 is 26.6 Å². The highest BCUT2D eigenvalue weighted by Gasteiger charge is 2.47. The van der Waals surface area contributed by atoms with E-state index in [4.69, 9.17) is 0 Å². The van der Waals surface area contributed by atoms with E-state index in [9.17, 15) is 26.8 Å². The van der Waals surface area contributed by atoms with Gasteiger partial charge in [0.25, 0.3) is 17.4 Å². The molecule has 1 atom stereocenters. The SMILES string of the molecule is O=C(N[C@@H]1C=CS(=O)(=O)C1)c1cc2ccc(C(F)(F)C3CC3)cc2[nH]c1=O. The predicted molar refractivity (Wildman–Crippen MR) is 95.4 cm³/mol. The second kappa shape index (κ2) is 5.98. The number of benzene rings is 1. The highest BCUT2D eigenvalue weighted by atomic mass is 32.2. The van der Waals surface area contributed by atoms with Gasteiger partial charge in [0.2, 0.25) is 0 Å². The third-order valence-corrected chi connectivity index (χ3v) is 6.21. The molecule has 0 unspecified atom stereocenters. The van der Waals surface area contributed by atoms with Crippen LogP contribution in [0.15, 0.2) is 40.5 Å². The first kappa shape index (κ1) is 17.8. The average molecular weight is 394 g/mol. The van der Waals surface area contributed by atoms with Crippen LogP contribution in [0.3, 0.4) is 0 Å². The van der Waals surface area contributed by atoms with Gasteiger partial charge >= 0.3 is 0 Å². The zero-order chi connectivity index (χ0) is 19.4. The van der Waals surface area contributed by atoms with E-state index in [1.165, 1.54) is 30.3 Å². The van der Waals surface area contributed by atoms with Crippen LogP contribution in [0.2, 0.25) is 0 Å². The van der Waals surface area contributed by atoms with Crippen molar-refractivity contribution in [1.29, 1.82) is 0 Å². The Morgan fingerprint density at radius 2 is 1.96 bits per heavy atom. The fourth-order valence-electron chi connectivity index (χ4n) is 3.17. The Bertz CT molecular complexity index is 1130. The molecule has 0 spiro atoms. The number of pyridine rings is 1. The van der Waals surface area contributed by atoms with Crippen LogP contribution in [0.5, 0.6) is 0 Å². The number of aromatic nitrogens is 1. The summed E-state index contributed by atoms with van der Waals surface area (Å²) in [5.74, 6) is -4.59. The Morgan fingerprint density at radius 3 is 2.59 bits per heavy atom. The monoisotopic (exact) mass is 394 g/mol. The minimum Gasteiger partial charge on any atom is -0.345 e. The van der Waals surface area contributed by atoms with Crippen LogP contribution < -0.4 is 10.9 Å². The van der Waals surface area contributed by atoms with Gasteiger partial charge in [0, 0.05) is 22.4 Å². The Balaban J connectivity index is 1.63. The zero-order valence-corrected chi connectivity index (χ0v) is 14.9. The minimum atomic E-state index is -3.34. The van der Waals surface area contributed by atoms with Crippen molar-refractivity contribution in [3.05, 3.63) is 57.2 Å². The number of nitrogens with one attached hydrogen (secondary N) is 2. The predicted octanol–water partition coefficient (Wildman–Crippen LogP) is 2.07. The normalized spacial score (nSPS) is 21.5. The molecule has 1 aromatic carbocycles. The van der Waals surface area contributed by atoms with Gasteiger partial charge in [-0.3, -0.25) is 9.59 Å². The first-order valence-corrected chi connectivity index (χ1v) is 10.1. The summed E-state index contributed by atoms with van der Waals surface area (Å²) in [6.07, 6.45) is 2.30. The molecule has 27 heavy (non-hydrogen) atoms. The quantitative estimate of drug-likeness (QED) is 0.830. The van der Waals surface area contributed by atoms with Crippen molar-refractivity contribution in [2.75, 3.05) is 5.75 Å². The number of carbonyl (C=O) groups excluding carboxylic acids is 1. The fraction of sp³-hybridized carbons (Fsp3) is 0.333. The number of hydrogen-bond acceptors (Lipinski definition) is 4. The molecular weight excluding hydrogens is 378 g/mol. The van der Waals surface area contributed by atoms with Crippen molar-refractivity contribution in [2.24, 2.45) is 5.92 Å². The van der Waals surface area contributed by atoms with E-state index in [2.05, 4.69) is 10.3 Å². The topological polar surface area (TPSA) is 96.1 Å². The van der Waals surface area contributed by atoms with Gasteiger partial charge < -0.3 is 10.3 Å². The standard InChI is InChI=1S/C18H16F2N2O4S/c19-18(20,11-3-4-11)12-2-1-10-7-14(17(24)22-15(10)8-12)16(23)21-13-5-6-27(25,26)9-13/h1-2,5-8,11,13H,3-4,9H2,(H,21,23)(H,22,24)/t13-/m1/s1. The van der Waals surface area contributed by atoms with Gasteiger partial charge in [-0.05, 0) is 36.4 Å². The summed E-state index contributed by atoms with van der Waals surface area (Å²) in [5, 5.41) is 3.92. The van der Waals surface area contributed by atoms with Crippen LogP contribution >= 0.6 is 0 Å². The zero-order valence-electron chi connectivity index (χ0n) is 14.0. The summed E-state index contributed by atoms with van der Waals surface area (Å²) in [4.78, 5) is 27.0. The van der Waals surface area contributed by atoms with Crippen molar-refractivity contribution < 1.29 is 22.0 Å². The Labute approximate surface area is 153 Å². The Hall–Kier alpha value is -2.55. The third kappa shape index (κ3) is 3.39. The van der Waals surface area contributed by atoms with E-state index in [-0.39, 0.29) is 22.4 Å². The van der Waals surface area contributed by atoms with E-state index in [0.29, 0.717) is 18.2 Å². The molecule has 1 aliphatic carbocycles. The van der Waals surface area contributed by atoms with Gasteiger partial charge in [0.05, 0.1) is 11.8 Å². The summed E-state index contributed by atoms with van der Waals surface area (Å²) >= 11 is 0. The largest absolute Gasteiger partial charge is 0.345 e. The third-order valence-electron chi connectivity index (χ3n) is 4.81. The number of sulfone groups is 1. The number of hydrogen-bond donors (Lipinski definition) is 2. The minimum absolute atomic E-state index is 0.161. The number of rotatable bonds is 4. The molecule has 2 aliphatic rings. The van der Waals surface area contributed by atoms with Crippen molar-refractivity contribution in [1.82, 2.24) is 10.3 Å². The molecule has 2 heterocycles. The van der Waals surface area contributed by atoms with Gasteiger partial charge in [-0.2, -0.15) is 0 Å². The maximum absolute atomic E-state index is 14.3. The van der Waals surface area contributed by atoms with Gasteiger partial charge in [-0.15, -0.1) is 0 Å². The van der Waals surface area contributed by atoms with E-state index in [1.54, 1.807) is 0 Å². The van der Waals surface area contributed by atoms with Crippen LogP contribution in [0, 0.1) is 5.92 Å². The van der Waals surface area contributed by atoms with Gasteiger partial charge in [-0.1, -0.05) is 12.1 Å². The van der Waals surface area contributed by atoms with Crippen LogP contribution in [0.4, 0.5) is 8.78 Å². The number of amides is 1. The van der Waals surface area contributed by atoms with Crippen molar-refractivity contribution in [3.63, 3.8) is 0 Å². The molecule has 1 amide bonds. The molecule has 2 aromatic rings. The van der Waals surface area contributed by atoms with E-state index in [1.807, 2.05) is 0 Å². The molecule has 1 fully saturated rings. The highest BCUT2D eigenvalue weighted by Crippen LogP contribution is 2.49. The number of fused-ring (bicyclic) bond motifs is 1. The smallest absolute Gasteiger partial charge is 0.276 e. The molecule has 4 rings (SSSR count). The lowest BCUT2D eigenvalue weighted by molar-refractivity contribution is -0.0284. The van der Waals surface area contributed by atoms with Crippen molar-refractivity contribution in [3.8, 4) is 0 Å². The fourth-order valence-corrected chi connectivity index (χ4v) is 4.41. The maximum atomic E-state index is 14.3. The maximum Gasteiger partial charge on any atom is 0.276 e. The summed E-state index contributed by atoms with van der Waals surface area (Å²) < 4.78 is 51.3. The molecule has 9 heteroatoms.